The zero-order valence-electron chi connectivity index (χ0n) is 4.94. The Kier molecular flexibility index (Phi) is 0.952. The van der Waals surface area contributed by atoms with Crippen molar-refractivity contribution in [3.05, 3.63) is 5.69 Å². The van der Waals surface area contributed by atoms with Gasteiger partial charge in [-0.2, -0.15) is 10.3 Å². The first-order valence-electron chi connectivity index (χ1n) is 2.75. The van der Waals surface area contributed by atoms with E-state index in [9.17, 15) is 0 Å². The molecule has 0 amide bonds. The Bertz CT molecular complexity index is 266. The highest BCUT2D eigenvalue weighted by Crippen LogP contribution is 2.20. The molecule has 1 aliphatic heterocycles. The van der Waals surface area contributed by atoms with Crippen LogP contribution in [0.2, 0.25) is 0 Å². The van der Waals surface area contributed by atoms with Crippen molar-refractivity contribution in [3.63, 3.8) is 0 Å². The van der Waals surface area contributed by atoms with Gasteiger partial charge in [-0.05, 0) is 0 Å². The summed E-state index contributed by atoms with van der Waals surface area (Å²) in [6.07, 6.45) is 0.505. The molecule has 0 aliphatic carbocycles. The van der Waals surface area contributed by atoms with Gasteiger partial charge in [-0.3, -0.25) is 0 Å². The maximum absolute atomic E-state index is 9.09. The minimum atomic E-state index is -0.880. The van der Waals surface area contributed by atoms with E-state index in [0.717, 1.165) is 0 Å². The highest BCUT2D eigenvalue weighted by atomic mass is 16.3. The van der Waals surface area contributed by atoms with Gasteiger partial charge in [0.1, 0.15) is 0 Å². The molecule has 1 aliphatic rings. The largest absolute Gasteiger partial charge is 0.366 e. The molecule has 0 fully saturated rings. The molecule has 1 unspecified atom stereocenters. The summed E-state index contributed by atoms with van der Waals surface area (Å²) in [4.78, 5) is 3.64. The summed E-state index contributed by atoms with van der Waals surface area (Å²) >= 11 is 0. The van der Waals surface area contributed by atoms with Crippen LogP contribution in [0.5, 0.6) is 0 Å². The number of aromatic nitrogens is 3. The number of rotatable bonds is 0. The van der Waals surface area contributed by atoms with Gasteiger partial charge in [0.2, 0.25) is 0 Å². The molecule has 6 heteroatoms. The van der Waals surface area contributed by atoms with Gasteiger partial charge in [-0.1, -0.05) is 0 Å². The first kappa shape index (κ1) is 5.36. The van der Waals surface area contributed by atoms with Crippen LogP contribution in [0.15, 0.2) is 4.99 Å². The lowest BCUT2D eigenvalue weighted by atomic mass is 10.3. The molecule has 1 aromatic heterocycles. The molecule has 0 radical (unpaired) electrons. The van der Waals surface area contributed by atoms with E-state index >= 15 is 0 Å². The van der Waals surface area contributed by atoms with Crippen molar-refractivity contribution in [1.29, 1.82) is 0 Å². The SMILES string of the molecule is OC1N=CNc2n[nH]nc21. The predicted octanol–water partition coefficient (Wildman–Crippen LogP) is -0.751. The monoisotopic (exact) mass is 139 g/mol. The number of anilines is 1. The number of aliphatic imine (C=N–C) groups is 1. The number of nitrogens with zero attached hydrogens (tertiary/aromatic N) is 3. The smallest absolute Gasteiger partial charge is 0.195 e. The van der Waals surface area contributed by atoms with Crippen LogP contribution in [0.25, 0.3) is 0 Å². The summed E-state index contributed by atoms with van der Waals surface area (Å²) in [5.41, 5.74) is 0.433. The summed E-state index contributed by atoms with van der Waals surface area (Å²) < 4.78 is 0. The number of H-pyrrole nitrogens is 1. The zero-order chi connectivity index (χ0) is 6.97. The molecule has 3 N–H and O–H groups in total. The van der Waals surface area contributed by atoms with E-state index in [1.807, 2.05) is 0 Å². The van der Waals surface area contributed by atoms with Gasteiger partial charge in [-0.15, -0.1) is 5.10 Å². The maximum Gasteiger partial charge on any atom is 0.195 e. The van der Waals surface area contributed by atoms with Crippen LogP contribution in [-0.4, -0.2) is 26.9 Å². The summed E-state index contributed by atoms with van der Waals surface area (Å²) in [6.45, 7) is 0. The van der Waals surface area contributed by atoms with Crippen LogP contribution >= 0.6 is 0 Å². The van der Waals surface area contributed by atoms with E-state index in [1.165, 1.54) is 6.34 Å². The molecule has 2 heterocycles. The first-order chi connectivity index (χ1) is 4.88. The normalized spacial score (nSPS) is 21.9. The molecular weight excluding hydrogens is 134 g/mol. The zero-order valence-corrected chi connectivity index (χ0v) is 4.94. The quantitative estimate of drug-likeness (QED) is 0.441. The fourth-order valence-corrected chi connectivity index (χ4v) is 0.765. The number of hydrogen-bond acceptors (Lipinski definition) is 5. The van der Waals surface area contributed by atoms with Crippen molar-refractivity contribution in [3.8, 4) is 0 Å². The standard InChI is InChI=1S/C4H5N5O/c10-4-2-3(5-1-6-4)8-9-7-2/h1,4,10H,(H2,5,6,7,8,9). The fraction of sp³-hybridized carbons (Fsp3) is 0.250. The number of aliphatic hydroxyl groups is 1. The van der Waals surface area contributed by atoms with Crippen LogP contribution in [0.1, 0.15) is 11.9 Å². The van der Waals surface area contributed by atoms with E-state index in [4.69, 9.17) is 5.11 Å². The predicted molar refractivity (Wildman–Crippen MR) is 33.5 cm³/mol. The molecule has 52 valence electrons. The molecule has 0 aromatic carbocycles. The number of aromatic amines is 1. The van der Waals surface area contributed by atoms with E-state index in [-0.39, 0.29) is 0 Å². The van der Waals surface area contributed by atoms with Crippen molar-refractivity contribution < 1.29 is 5.11 Å². The molecule has 1 atom stereocenters. The molecule has 0 saturated carbocycles. The van der Waals surface area contributed by atoms with Crippen LogP contribution in [0.3, 0.4) is 0 Å². The van der Waals surface area contributed by atoms with Crippen molar-refractivity contribution in [2.24, 2.45) is 4.99 Å². The summed E-state index contributed by atoms with van der Waals surface area (Å²) in [5.74, 6) is 0.530. The van der Waals surface area contributed by atoms with Gasteiger partial charge < -0.3 is 10.4 Å². The van der Waals surface area contributed by atoms with Gasteiger partial charge in [0.15, 0.2) is 17.7 Å². The Labute approximate surface area is 56.0 Å². The molecule has 2 rings (SSSR count). The minimum absolute atomic E-state index is 0.433. The minimum Gasteiger partial charge on any atom is -0.366 e. The van der Waals surface area contributed by atoms with Crippen molar-refractivity contribution in [2.75, 3.05) is 5.32 Å². The van der Waals surface area contributed by atoms with Crippen molar-refractivity contribution in [2.45, 2.75) is 6.23 Å². The molecule has 1 aromatic rings. The first-order valence-corrected chi connectivity index (χ1v) is 2.75. The molecule has 6 nitrogen and oxygen atoms in total. The lowest BCUT2D eigenvalue weighted by molar-refractivity contribution is 0.184. The molecular formula is C4H5N5O. The third kappa shape index (κ3) is 0.591. The van der Waals surface area contributed by atoms with Crippen molar-refractivity contribution >= 4 is 12.2 Å². The second kappa shape index (κ2) is 1.77. The highest BCUT2D eigenvalue weighted by molar-refractivity contribution is 5.76. The Morgan fingerprint density at radius 1 is 1.50 bits per heavy atom. The van der Waals surface area contributed by atoms with Crippen LogP contribution < -0.4 is 5.32 Å². The van der Waals surface area contributed by atoms with Gasteiger partial charge in [-0.25, -0.2) is 4.99 Å². The Hall–Kier alpha value is -1.43. The fourth-order valence-electron chi connectivity index (χ4n) is 0.765. The lowest BCUT2D eigenvalue weighted by Gasteiger charge is -2.07. The number of nitrogens with one attached hydrogen (secondary N) is 2. The van der Waals surface area contributed by atoms with E-state index in [0.29, 0.717) is 11.5 Å². The third-order valence-electron chi connectivity index (χ3n) is 1.24. The van der Waals surface area contributed by atoms with Gasteiger partial charge in [0, 0.05) is 0 Å². The summed E-state index contributed by atoms with van der Waals surface area (Å²) in [5, 5.41) is 21.6. The Morgan fingerprint density at radius 2 is 2.40 bits per heavy atom. The Morgan fingerprint density at radius 3 is 3.20 bits per heavy atom. The lowest BCUT2D eigenvalue weighted by Crippen LogP contribution is -2.09. The maximum atomic E-state index is 9.09. The van der Waals surface area contributed by atoms with E-state index in [1.54, 1.807) is 0 Å². The van der Waals surface area contributed by atoms with E-state index in [2.05, 4.69) is 25.7 Å². The molecule has 0 spiro atoms. The van der Waals surface area contributed by atoms with Crippen molar-refractivity contribution in [1.82, 2.24) is 15.4 Å². The molecule has 0 bridgehead atoms. The molecule has 0 saturated heterocycles. The molecule has 10 heavy (non-hydrogen) atoms. The average molecular weight is 139 g/mol. The number of aliphatic hydroxyl groups excluding tert-OH is 1. The van der Waals surface area contributed by atoms with Gasteiger partial charge >= 0.3 is 0 Å². The Balaban J connectivity index is 2.48. The second-order valence-corrected chi connectivity index (χ2v) is 1.85. The van der Waals surface area contributed by atoms with Gasteiger partial charge in [0.05, 0.1) is 6.34 Å². The summed E-state index contributed by atoms with van der Waals surface area (Å²) in [7, 11) is 0. The average Bonchev–Trinajstić information content (AvgIpc) is 2.36. The summed E-state index contributed by atoms with van der Waals surface area (Å²) in [6, 6.07) is 0. The highest BCUT2D eigenvalue weighted by Gasteiger charge is 2.17. The van der Waals surface area contributed by atoms with Gasteiger partial charge in [0.25, 0.3) is 0 Å². The van der Waals surface area contributed by atoms with E-state index < -0.39 is 6.23 Å². The van der Waals surface area contributed by atoms with Crippen LogP contribution in [0.4, 0.5) is 5.82 Å². The third-order valence-corrected chi connectivity index (χ3v) is 1.24. The topological polar surface area (TPSA) is 86.2 Å². The number of fused-ring (bicyclic) bond motifs is 1. The van der Waals surface area contributed by atoms with Crippen LogP contribution in [0, 0.1) is 0 Å². The number of hydrogen-bond donors (Lipinski definition) is 3. The second-order valence-electron chi connectivity index (χ2n) is 1.85. The van der Waals surface area contributed by atoms with Crippen LogP contribution in [-0.2, 0) is 0 Å².